The van der Waals surface area contributed by atoms with E-state index in [1.165, 1.54) is 4.90 Å². The van der Waals surface area contributed by atoms with Gasteiger partial charge in [-0.1, -0.05) is 36.4 Å². The number of allylic oxidation sites excluding steroid dienone is 1. The van der Waals surface area contributed by atoms with Crippen LogP contribution in [-0.4, -0.2) is 60.9 Å². The van der Waals surface area contributed by atoms with Gasteiger partial charge in [0.25, 0.3) is 0 Å². The van der Waals surface area contributed by atoms with Gasteiger partial charge in [0.05, 0.1) is 37.6 Å². The van der Waals surface area contributed by atoms with E-state index in [1.54, 1.807) is 31.4 Å². The third-order valence-electron chi connectivity index (χ3n) is 7.88. The van der Waals surface area contributed by atoms with Crippen molar-refractivity contribution in [1.82, 2.24) is 4.90 Å². The Labute approximate surface area is 204 Å². The molecule has 0 aliphatic carbocycles. The lowest BCUT2D eigenvalue weighted by molar-refractivity contribution is -0.142. The molecule has 6 rings (SSSR count). The first-order chi connectivity index (χ1) is 17.0. The van der Waals surface area contributed by atoms with Gasteiger partial charge in [0.2, 0.25) is 11.8 Å². The quantitative estimate of drug-likeness (QED) is 0.491. The molecule has 0 saturated carbocycles. The molecular formula is C28H28N2O5. The lowest BCUT2D eigenvalue weighted by atomic mass is 9.85. The predicted octanol–water partition coefficient (Wildman–Crippen LogP) is 3.33. The van der Waals surface area contributed by atoms with E-state index in [0.717, 1.165) is 29.7 Å². The summed E-state index contributed by atoms with van der Waals surface area (Å²) in [5, 5.41) is 0. The van der Waals surface area contributed by atoms with Crippen LogP contribution in [0.15, 0.2) is 54.6 Å². The topological polar surface area (TPSA) is 76.1 Å². The molecule has 0 unspecified atom stereocenters. The number of imide groups is 1. The number of ketones is 1. The van der Waals surface area contributed by atoms with Gasteiger partial charge in [-0.2, -0.15) is 0 Å². The summed E-state index contributed by atoms with van der Waals surface area (Å²) in [5.41, 5.74) is 3.42. The van der Waals surface area contributed by atoms with E-state index >= 15 is 0 Å². The van der Waals surface area contributed by atoms with Crippen molar-refractivity contribution in [3.63, 3.8) is 0 Å². The fourth-order valence-electron chi connectivity index (χ4n) is 6.28. The highest BCUT2D eigenvalue weighted by molar-refractivity contribution is 6.14. The van der Waals surface area contributed by atoms with Crippen LogP contribution >= 0.6 is 0 Å². The van der Waals surface area contributed by atoms with Crippen LogP contribution in [0, 0.1) is 11.8 Å². The minimum Gasteiger partial charge on any atom is -0.497 e. The monoisotopic (exact) mass is 472 g/mol. The first-order valence-electron chi connectivity index (χ1n) is 12.2. The number of hydrogen-bond acceptors (Lipinski definition) is 6. The molecule has 4 aliphatic heterocycles. The number of Topliss-reactive ketones (excluding diaryl/α,β-unsaturated/α-hetero) is 1. The summed E-state index contributed by atoms with van der Waals surface area (Å²) in [6.07, 6.45) is 3.69. The summed E-state index contributed by atoms with van der Waals surface area (Å²) in [6, 6.07) is 13.8. The van der Waals surface area contributed by atoms with Gasteiger partial charge in [-0.15, -0.1) is 0 Å². The van der Waals surface area contributed by atoms with Crippen molar-refractivity contribution in [3.8, 4) is 5.75 Å². The highest BCUT2D eigenvalue weighted by atomic mass is 16.5. The lowest BCUT2D eigenvalue weighted by Crippen LogP contribution is -2.49. The van der Waals surface area contributed by atoms with Crippen LogP contribution in [0.25, 0.3) is 5.57 Å². The normalized spacial score (nSPS) is 29.1. The van der Waals surface area contributed by atoms with Gasteiger partial charge >= 0.3 is 0 Å². The summed E-state index contributed by atoms with van der Waals surface area (Å²) in [4.78, 5) is 45.0. The van der Waals surface area contributed by atoms with E-state index in [1.807, 2.05) is 36.1 Å². The highest BCUT2D eigenvalue weighted by Crippen LogP contribution is 2.50. The zero-order valence-corrected chi connectivity index (χ0v) is 19.8. The van der Waals surface area contributed by atoms with Gasteiger partial charge in [0.1, 0.15) is 11.8 Å². The van der Waals surface area contributed by atoms with Crippen molar-refractivity contribution < 1.29 is 23.9 Å². The second-order valence-electron chi connectivity index (χ2n) is 9.78. The smallest absolute Gasteiger partial charge is 0.235 e. The molecule has 7 nitrogen and oxygen atoms in total. The van der Waals surface area contributed by atoms with E-state index in [-0.39, 0.29) is 36.3 Å². The number of ether oxygens (including phenoxy) is 2. The molecule has 0 N–H and O–H groups in total. The molecule has 7 heteroatoms. The van der Waals surface area contributed by atoms with E-state index in [2.05, 4.69) is 6.08 Å². The van der Waals surface area contributed by atoms with E-state index in [0.29, 0.717) is 17.9 Å². The molecule has 0 radical (unpaired) electrons. The Balaban J connectivity index is 1.45. The standard InChI is InChI=1S/C28H28N2O5/c1-16-13-22-23-24(28(33)29(27(23)32)15-19-9-6-12-35-19)25(30(22)21-11-4-3-10-20(16)21)26(31)17-7-5-8-18(14-17)34-2/h3-5,7-8,10-11,13-14,19,22-25H,6,9,12,15H2,1-2H3/t19-,22+,23+,24+,25-/m0/s1. The van der Waals surface area contributed by atoms with Crippen molar-refractivity contribution in [3.05, 3.63) is 65.7 Å². The number of para-hydroxylation sites is 1. The molecule has 4 heterocycles. The fraction of sp³-hybridized carbons (Fsp3) is 0.393. The first-order valence-corrected chi connectivity index (χ1v) is 12.2. The van der Waals surface area contributed by atoms with Crippen LogP contribution in [0.1, 0.15) is 35.7 Å². The third kappa shape index (κ3) is 3.32. The number of amides is 2. The van der Waals surface area contributed by atoms with Crippen LogP contribution in [0.2, 0.25) is 0 Å². The van der Waals surface area contributed by atoms with Gasteiger partial charge in [-0.25, -0.2) is 0 Å². The summed E-state index contributed by atoms with van der Waals surface area (Å²) in [5.74, 6) is -1.42. The Morgan fingerprint density at radius 2 is 1.89 bits per heavy atom. The Hall–Kier alpha value is -3.45. The van der Waals surface area contributed by atoms with Crippen LogP contribution < -0.4 is 9.64 Å². The van der Waals surface area contributed by atoms with Crippen molar-refractivity contribution >= 4 is 28.9 Å². The molecule has 2 aromatic carbocycles. The zero-order valence-electron chi connectivity index (χ0n) is 19.8. The third-order valence-corrected chi connectivity index (χ3v) is 7.88. The zero-order chi connectivity index (χ0) is 24.3. The minimum absolute atomic E-state index is 0.130. The molecule has 180 valence electrons. The van der Waals surface area contributed by atoms with Gasteiger partial charge < -0.3 is 14.4 Å². The van der Waals surface area contributed by atoms with Crippen molar-refractivity contribution in [2.45, 2.75) is 38.0 Å². The minimum atomic E-state index is -0.784. The van der Waals surface area contributed by atoms with Crippen LogP contribution in [0.5, 0.6) is 5.75 Å². The Bertz CT molecular complexity index is 1250. The lowest BCUT2D eigenvalue weighted by Gasteiger charge is -2.38. The summed E-state index contributed by atoms with van der Waals surface area (Å²) < 4.78 is 11.1. The number of benzene rings is 2. The van der Waals surface area contributed by atoms with E-state index < -0.39 is 17.9 Å². The van der Waals surface area contributed by atoms with Crippen molar-refractivity contribution in [1.29, 1.82) is 0 Å². The summed E-state index contributed by atoms with van der Waals surface area (Å²) in [6.45, 7) is 2.93. The van der Waals surface area contributed by atoms with Crippen LogP contribution in [0.4, 0.5) is 5.69 Å². The number of carbonyl (C=O) groups is 3. The molecule has 5 atom stereocenters. The molecular weight excluding hydrogens is 444 g/mol. The maximum Gasteiger partial charge on any atom is 0.235 e. The summed E-state index contributed by atoms with van der Waals surface area (Å²) >= 11 is 0. The average molecular weight is 473 g/mol. The van der Waals surface area contributed by atoms with Gasteiger partial charge in [0, 0.05) is 23.4 Å². The van der Waals surface area contributed by atoms with Gasteiger partial charge in [-0.3, -0.25) is 19.3 Å². The van der Waals surface area contributed by atoms with Gasteiger partial charge in [0.15, 0.2) is 5.78 Å². The average Bonchev–Trinajstić information content (AvgIpc) is 3.57. The predicted molar refractivity (Wildman–Crippen MR) is 130 cm³/mol. The van der Waals surface area contributed by atoms with Gasteiger partial charge in [-0.05, 0) is 43.5 Å². The van der Waals surface area contributed by atoms with Crippen LogP contribution in [-0.2, 0) is 14.3 Å². The molecule has 2 aromatic rings. The second kappa shape index (κ2) is 8.34. The number of anilines is 1. The van der Waals surface area contributed by atoms with Crippen LogP contribution in [0.3, 0.4) is 0 Å². The molecule has 3 fully saturated rings. The maximum absolute atomic E-state index is 14.1. The molecule has 0 aromatic heterocycles. The molecule has 3 saturated heterocycles. The number of methoxy groups -OCH3 is 1. The SMILES string of the molecule is COc1cccc(C(=O)[C@@H]2[C@@H]3C(=O)N(C[C@@H]4CCCO4)C(=O)[C@@H]3[C@H]3C=C(C)c4ccccc4N32)c1. The molecule has 0 bridgehead atoms. The Kier molecular flexibility index (Phi) is 5.25. The maximum atomic E-state index is 14.1. The largest absolute Gasteiger partial charge is 0.497 e. The number of carbonyl (C=O) groups excluding carboxylic acids is 3. The number of rotatable bonds is 5. The number of fused-ring (bicyclic) bond motifs is 5. The number of nitrogens with zero attached hydrogens (tertiary/aromatic N) is 2. The van der Waals surface area contributed by atoms with E-state index in [4.69, 9.17) is 9.47 Å². The highest BCUT2D eigenvalue weighted by Gasteiger charge is 2.64. The molecule has 0 spiro atoms. The molecule has 35 heavy (non-hydrogen) atoms. The van der Waals surface area contributed by atoms with E-state index in [9.17, 15) is 14.4 Å². The number of hydrogen-bond donors (Lipinski definition) is 0. The fourth-order valence-corrected chi connectivity index (χ4v) is 6.28. The Morgan fingerprint density at radius 1 is 1.09 bits per heavy atom. The first kappa shape index (κ1) is 22.0. The van der Waals surface area contributed by atoms with Crippen molar-refractivity contribution in [2.24, 2.45) is 11.8 Å². The Morgan fingerprint density at radius 3 is 2.66 bits per heavy atom. The molecule has 4 aliphatic rings. The second-order valence-corrected chi connectivity index (χ2v) is 9.78. The molecule has 2 amide bonds. The summed E-state index contributed by atoms with van der Waals surface area (Å²) in [7, 11) is 1.56. The number of likely N-dealkylation sites (tertiary alicyclic amines) is 1. The van der Waals surface area contributed by atoms with Crippen molar-refractivity contribution in [2.75, 3.05) is 25.2 Å².